The first-order valence-electron chi connectivity index (χ1n) is 7.28. The fraction of sp³-hybridized carbons (Fsp3) is 0.500. The highest BCUT2D eigenvalue weighted by Crippen LogP contribution is 2.45. The molecule has 3 unspecified atom stereocenters. The maximum atomic E-state index is 13.0. The Labute approximate surface area is 122 Å². The second kappa shape index (κ2) is 4.97. The van der Waals surface area contributed by atoms with E-state index < -0.39 is 11.7 Å². The summed E-state index contributed by atoms with van der Waals surface area (Å²) in [5.41, 5.74) is 6.53. The van der Waals surface area contributed by atoms with Crippen LogP contribution in [0.25, 0.3) is 0 Å². The van der Waals surface area contributed by atoms with Gasteiger partial charge in [0.05, 0.1) is 5.56 Å². The van der Waals surface area contributed by atoms with Crippen molar-refractivity contribution in [3.05, 3.63) is 41.1 Å². The lowest BCUT2D eigenvalue weighted by Crippen LogP contribution is -2.22. The van der Waals surface area contributed by atoms with Gasteiger partial charge in [0, 0.05) is 23.8 Å². The third kappa shape index (κ3) is 2.49. The molecule has 2 aliphatic rings. The van der Waals surface area contributed by atoms with Crippen LogP contribution in [0.1, 0.15) is 36.8 Å². The van der Waals surface area contributed by atoms with E-state index in [1.54, 1.807) is 6.07 Å². The van der Waals surface area contributed by atoms with Crippen molar-refractivity contribution in [2.45, 2.75) is 31.9 Å². The van der Waals surface area contributed by atoms with E-state index in [1.807, 2.05) is 0 Å². The zero-order valence-electron chi connectivity index (χ0n) is 11.9. The average Bonchev–Trinajstić information content (AvgIpc) is 2.80. The normalized spacial score (nSPS) is 28.8. The molecule has 21 heavy (non-hydrogen) atoms. The van der Waals surface area contributed by atoms with E-state index in [0.717, 1.165) is 24.9 Å². The van der Waals surface area contributed by atoms with Gasteiger partial charge in [-0.2, -0.15) is 13.2 Å². The molecule has 0 bridgehead atoms. The summed E-state index contributed by atoms with van der Waals surface area (Å²) in [6.45, 7) is 3.05. The van der Waals surface area contributed by atoms with Crippen molar-refractivity contribution in [1.82, 2.24) is 5.32 Å². The first-order valence-corrected chi connectivity index (χ1v) is 7.28. The summed E-state index contributed by atoms with van der Waals surface area (Å²) in [6, 6.07) is 4.39. The second-order valence-corrected chi connectivity index (χ2v) is 6.07. The molecule has 0 radical (unpaired) electrons. The largest absolute Gasteiger partial charge is 0.418 e. The number of alkyl halides is 3. The molecular formula is C16H19F3N2. The molecule has 1 aliphatic carbocycles. The standard InChI is InChI=1S/C16H19F3N2/c1-9-8-21-14-4-2-3-11(15(9)14)10-5-6-13(20)12(7-10)16(17,18)19/h4-7,9,11,15,21H,2-3,8,20H2,1H3. The number of halogens is 3. The molecule has 3 atom stereocenters. The smallest absolute Gasteiger partial charge is 0.398 e. The highest BCUT2D eigenvalue weighted by molar-refractivity contribution is 5.51. The van der Waals surface area contributed by atoms with Crippen LogP contribution in [0.2, 0.25) is 0 Å². The number of nitrogens with one attached hydrogen (secondary N) is 1. The second-order valence-electron chi connectivity index (χ2n) is 6.07. The van der Waals surface area contributed by atoms with Crippen molar-refractivity contribution < 1.29 is 13.2 Å². The van der Waals surface area contributed by atoms with E-state index in [0.29, 0.717) is 11.8 Å². The summed E-state index contributed by atoms with van der Waals surface area (Å²) in [6.07, 6.45) is -0.414. The topological polar surface area (TPSA) is 38.0 Å². The highest BCUT2D eigenvalue weighted by atomic mass is 19.4. The summed E-state index contributed by atoms with van der Waals surface area (Å²) in [7, 11) is 0. The van der Waals surface area contributed by atoms with Crippen LogP contribution >= 0.6 is 0 Å². The van der Waals surface area contributed by atoms with Gasteiger partial charge in [0.1, 0.15) is 0 Å². The molecule has 1 aliphatic heterocycles. The maximum Gasteiger partial charge on any atom is 0.418 e. The van der Waals surface area contributed by atoms with Crippen LogP contribution in [-0.4, -0.2) is 6.54 Å². The van der Waals surface area contributed by atoms with Crippen LogP contribution in [0.3, 0.4) is 0 Å². The molecule has 114 valence electrons. The zero-order chi connectivity index (χ0) is 15.2. The van der Waals surface area contributed by atoms with Crippen molar-refractivity contribution in [3.8, 4) is 0 Å². The molecular weight excluding hydrogens is 277 g/mol. The van der Waals surface area contributed by atoms with Crippen LogP contribution in [0.4, 0.5) is 18.9 Å². The van der Waals surface area contributed by atoms with Crippen molar-refractivity contribution in [2.75, 3.05) is 12.3 Å². The number of allylic oxidation sites excluding steroid dienone is 2. The molecule has 3 rings (SSSR count). The average molecular weight is 296 g/mol. The van der Waals surface area contributed by atoms with E-state index in [1.165, 1.54) is 17.8 Å². The molecule has 5 heteroatoms. The number of fused-ring (bicyclic) bond motifs is 1. The van der Waals surface area contributed by atoms with E-state index in [-0.39, 0.29) is 11.6 Å². The zero-order valence-corrected chi connectivity index (χ0v) is 11.9. The number of nitrogens with two attached hydrogens (primary N) is 1. The first-order chi connectivity index (χ1) is 9.88. The Balaban J connectivity index is 1.99. The SMILES string of the molecule is CC1CNC2=CCCC(c3ccc(N)c(C(F)(F)F)c3)C21. The predicted molar refractivity (Wildman–Crippen MR) is 76.6 cm³/mol. The van der Waals surface area contributed by atoms with Crippen LogP contribution in [0.5, 0.6) is 0 Å². The lowest BCUT2D eigenvalue weighted by atomic mass is 9.73. The van der Waals surface area contributed by atoms with Crippen LogP contribution < -0.4 is 11.1 Å². The molecule has 1 heterocycles. The minimum Gasteiger partial charge on any atom is -0.398 e. The Hall–Kier alpha value is -1.65. The fourth-order valence-electron chi connectivity index (χ4n) is 3.67. The van der Waals surface area contributed by atoms with Gasteiger partial charge >= 0.3 is 6.18 Å². The molecule has 2 nitrogen and oxygen atoms in total. The summed E-state index contributed by atoms with van der Waals surface area (Å²) in [4.78, 5) is 0. The number of benzene rings is 1. The van der Waals surface area contributed by atoms with Gasteiger partial charge in [-0.05, 0) is 42.4 Å². The summed E-state index contributed by atoms with van der Waals surface area (Å²) in [5.74, 6) is 0.869. The van der Waals surface area contributed by atoms with Gasteiger partial charge in [-0.3, -0.25) is 0 Å². The molecule has 0 aromatic heterocycles. The Morgan fingerprint density at radius 3 is 2.76 bits per heavy atom. The Morgan fingerprint density at radius 2 is 2.05 bits per heavy atom. The van der Waals surface area contributed by atoms with Crippen molar-refractivity contribution >= 4 is 5.69 Å². The molecule has 0 amide bonds. The van der Waals surface area contributed by atoms with Gasteiger partial charge in [0.2, 0.25) is 0 Å². The number of nitrogen functional groups attached to an aromatic ring is 1. The number of hydrogen-bond acceptors (Lipinski definition) is 2. The van der Waals surface area contributed by atoms with Crippen LogP contribution in [-0.2, 0) is 6.18 Å². The number of anilines is 1. The Morgan fingerprint density at radius 1 is 1.29 bits per heavy atom. The molecule has 3 N–H and O–H groups in total. The van der Waals surface area contributed by atoms with Gasteiger partial charge in [0.25, 0.3) is 0 Å². The van der Waals surface area contributed by atoms with Crippen molar-refractivity contribution in [2.24, 2.45) is 11.8 Å². The molecule has 0 spiro atoms. The lowest BCUT2D eigenvalue weighted by Gasteiger charge is -2.31. The van der Waals surface area contributed by atoms with E-state index >= 15 is 0 Å². The van der Waals surface area contributed by atoms with Gasteiger partial charge < -0.3 is 11.1 Å². The minimum absolute atomic E-state index is 0.136. The summed E-state index contributed by atoms with van der Waals surface area (Å²) in [5, 5.41) is 3.38. The summed E-state index contributed by atoms with van der Waals surface area (Å²) >= 11 is 0. The third-order valence-electron chi connectivity index (χ3n) is 4.69. The lowest BCUT2D eigenvalue weighted by molar-refractivity contribution is -0.137. The van der Waals surface area contributed by atoms with Gasteiger partial charge in [-0.15, -0.1) is 0 Å². The minimum atomic E-state index is -4.40. The van der Waals surface area contributed by atoms with Gasteiger partial charge in [-0.1, -0.05) is 19.1 Å². The molecule has 1 fully saturated rings. The number of hydrogen-bond donors (Lipinski definition) is 2. The molecule has 1 aromatic carbocycles. The first kappa shape index (κ1) is 14.3. The van der Waals surface area contributed by atoms with E-state index in [4.69, 9.17) is 5.73 Å². The molecule has 1 saturated heterocycles. The van der Waals surface area contributed by atoms with Crippen molar-refractivity contribution in [3.63, 3.8) is 0 Å². The number of rotatable bonds is 1. The Bertz CT molecular complexity index is 577. The summed E-state index contributed by atoms with van der Waals surface area (Å²) < 4.78 is 39.1. The van der Waals surface area contributed by atoms with E-state index in [2.05, 4.69) is 18.3 Å². The highest BCUT2D eigenvalue weighted by Gasteiger charge is 2.39. The Kier molecular flexibility index (Phi) is 3.38. The van der Waals surface area contributed by atoms with Crippen LogP contribution in [0.15, 0.2) is 30.0 Å². The monoisotopic (exact) mass is 296 g/mol. The van der Waals surface area contributed by atoms with Crippen molar-refractivity contribution in [1.29, 1.82) is 0 Å². The third-order valence-corrected chi connectivity index (χ3v) is 4.69. The maximum absolute atomic E-state index is 13.0. The van der Waals surface area contributed by atoms with E-state index in [9.17, 15) is 13.2 Å². The quantitative estimate of drug-likeness (QED) is 0.771. The van der Waals surface area contributed by atoms with Crippen LogP contribution in [0, 0.1) is 11.8 Å². The molecule has 1 aromatic rings. The molecule has 0 saturated carbocycles. The van der Waals surface area contributed by atoms with Gasteiger partial charge in [0.15, 0.2) is 0 Å². The fourth-order valence-corrected chi connectivity index (χ4v) is 3.67. The predicted octanol–water partition coefficient (Wildman–Crippen LogP) is 3.90. The van der Waals surface area contributed by atoms with Gasteiger partial charge in [-0.25, -0.2) is 0 Å².